The summed E-state index contributed by atoms with van der Waals surface area (Å²) in [7, 11) is 3.40. The summed E-state index contributed by atoms with van der Waals surface area (Å²) in [5, 5.41) is 0. The zero-order chi connectivity index (χ0) is 35.9. The second-order valence-electron chi connectivity index (χ2n) is 9.78. The van der Waals surface area contributed by atoms with E-state index in [1.165, 1.54) is 25.0 Å². The number of Topliss-reactive ketones (excluding diaryl/α,β-unsaturated/α-hetero) is 2. The fourth-order valence-corrected chi connectivity index (χ4v) is 3.51. The van der Waals surface area contributed by atoms with Gasteiger partial charge in [0.05, 0.1) is 18.7 Å². The van der Waals surface area contributed by atoms with Crippen molar-refractivity contribution >= 4 is 35.4 Å². The fraction of sp³-hybridized carbons (Fsp3) is 0.425. The molecule has 1 aromatic carbocycles. The van der Waals surface area contributed by atoms with Gasteiger partial charge in [0.25, 0.3) is 0 Å². The third-order valence-electron chi connectivity index (χ3n) is 5.78. The van der Waals surface area contributed by atoms with Crippen LogP contribution in [0.15, 0.2) is 95.2 Å². The molecule has 0 fully saturated rings. The van der Waals surface area contributed by atoms with E-state index in [1.54, 1.807) is 33.5 Å². The van der Waals surface area contributed by atoms with Gasteiger partial charge in [-0.05, 0) is 69.9 Å². The minimum atomic E-state index is -0.0226. The number of carbonyl (C=O) groups excluding carboxylic acids is 2. The number of pyridine rings is 1. The van der Waals surface area contributed by atoms with Crippen molar-refractivity contribution in [2.45, 2.75) is 94.9 Å². The maximum atomic E-state index is 11.1. The monoisotopic (exact) mass is 631 g/mol. The number of allylic oxidation sites excluding steroid dienone is 6. The SMILES string of the molecule is C=C(OC)c1ccc(C)c(N=CC)c1.CC.CC.CC(C)=O.CCCC1=CC=CC(C(C)=O)C=C1.CN=CC(C)c1cccnc1. The molecule has 1 heterocycles. The third-order valence-corrected chi connectivity index (χ3v) is 5.78. The molecule has 2 aromatic rings. The predicted octanol–water partition coefficient (Wildman–Crippen LogP) is 10.9. The average molecular weight is 632 g/mol. The highest BCUT2D eigenvalue weighted by molar-refractivity contribution is 5.82. The molecule has 254 valence electrons. The Morgan fingerprint density at radius 1 is 1.09 bits per heavy atom. The number of aliphatic imine (C=N–C) groups is 2. The lowest BCUT2D eigenvalue weighted by Crippen LogP contribution is -2.03. The summed E-state index contributed by atoms with van der Waals surface area (Å²) >= 11 is 0. The van der Waals surface area contributed by atoms with Crippen molar-refractivity contribution in [3.8, 4) is 0 Å². The summed E-state index contributed by atoms with van der Waals surface area (Å²) in [6, 6.07) is 9.97. The van der Waals surface area contributed by atoms with E-state index >= 15 is 0 Å². The molecule has 0 saturated heterocycles. The van der Waals surface area contributed by atoms with Crippen LogP contribution in [0.25, 0.3) is 5.76 Å². The van der Waals surface area contributed by atoms with Gasteiger partial charge >= 0.3 is 0 Å². The summed E-state index contributed by atoms with van der Waals surface area (Å²) in [5.41, 5.74) is 5.60. The van der Waals surface area contributed by atoms with Crippen LogP contribution < -0.4 is 0 Å². The van der Waals surface area contributed by atoms with E-state index in [0.717, 1.165) is 29.7 Å². The van der Waals surface area contributed by atoms with E-state index in [-0.39, 0.29) is 17.5 Å². The molecule has 2 atom stereocenters. The Hall–Kier alpha value is -4.19. The molecule has 6 nitrogen and oxygen atoms in total. The number of hydrogen-bond donors (Lipinski definition) is 0. The lowest BCUT2D eigenvalue weighted by Gasteiger charge is -2.06. The molecule has 0 spiro atoms. The normalized spacial score (nSPS) is 13.2. The van der Waals surface area contributed by atoms with Gasteiger partial charge in [-0.2, -0.15) is 0 Å². The summed E-state index contributed by atoms with van der Waals surface area (Å²) in [6.45, 7) is 24.7. The van der Waals surface area contributed by atoms with Gasteiger partial charge in [-0.1, -0.05) is 103 Å². The number of hydrogen-bond acceptors (Lipinski definition) is 6. The maximum Gasteiger partial charge on any atom is 0.140 e. The average Bonchev–Trinajstić information content (AvgIpc) is 3.31. The molecular formula is C40H61N3O3. The van der Waals surface area contributed by atoms with E-state index in [4.69, 9.17) is 4.74 Å². The number of carbonyl (C=O) groups is 2. The number of rotatable bonds is 8. The minimum Gasteiger partial charge on any atom is -0.497 e. The van der Waals surface area contributed by atoms with E-state index < -0.39 is 0 Å². The van der Waals surface area contributed by atoms with Crippen molar-refractivity contribution in [1.82, 2.24) is 4.98 Å². The zero-order valence-corrected chi connectivity index (χ0v) is 30.9. The van der Waals surface area contributed by atoms with Gasteiger partial charge < -0.3 is 14.5 Å². The molecule has 2 unspecified atom stereocenters. The standard InChI is InChI=1S/C12H15NO.C12H16O.C9H12N2.C3H6O.2C2H6/c1-5-13-12-8-11(10(3)14-4)7-6-9(12)2;1-3-5-11-6-4-7-12(9-8-11)10(2)13;1-8(6-10-2)9-4-3-5-11-7-9;1-3(2)4;2*1-2/h5-8H,3H2,1-2,4H3;4,6-9,12H,3,5H2,1-2H3;3-8H,1-2H3;1-2H3;2*1-2H3. The van der Waals surface area contributed by atoms with Gasteiger partial charge in [0.1, 0.15) is 17.3 Å². The molecule has 1 aliphatic rings. The molecule has 0 aliphatic heterocycles. The first-order chi connectivity index (χ1) is 22.0. The van der Waals surface area contributed by atoms with Gasteiger partial charge in [-0.3, -0.25) is 14.8 Å². The van der Waals surface area contributed by atoms with Crippen LogP contribution in [-0.2, 0) is 14.3 Å². The topological polar surface area (TPSA) is 81.0 Å². The van der Waals surface area contributed by atoms with E-state index in [1.807, 2.05) is 96.4 Å². The van der Waals surface area contributed by atoms with Gasteiger partial charge in [-0.15, -0.1) is 0 Å². The number of nitrogens with zero attached hydrogens (tertiary/aromatic N) is 3. The Morgan fingerprint density at radius 2 is 1.72 bits per heavy atom. The second-order valence-corrected chi connectivity index (χ2v) is 9.78. The molecule has 6 heteroatoms. The first-order valence-electron chi connectivity index (χ1n) is 16.2. The predicted molar refractivity (Wildman–Crippen MR) is 203 cm³/mol. The largest absolute Gasteiger partial charge is 0.497 e. The lowest BCUT2D eigenvalue weighted by molar-refractivity contribution is -0.118. The molecule has 0 N–H and O–H groups in total. The van der Waals surface area contributed by atoms with Crippen LogP contribution in [0.3, 0.4) is 0 Å². The van der Waals surface area contributed by atoms with E-state index in [9.17, 15) is 9.59 Å². The molecule has 0 bridgehead atoms. The smallest absolute Gasteiger partial charge is 0.140 e. The highest BCUT2D eigenvalue weighted by atomic mass is 16.5. The van der Waals surface area contributed by atoms with Crippen LogP contribution >= 0.6 is 0 Å². The third kappa shape index (κ3) is 23.2. The Labute approximate surface area is 281 Å². The number of benzene rings is 1. The van der Waals surface area contributed by atoms with Crippen molar-refractivity contribution < 1.29 is 14.3 Å². The van der Waals surface area contributed by atoms with Crippen molar-refractivity contribution in [1.29, 1.82) is 0 Å². The highest BCUT2D eigenvalue weighted by Gasteiger charge is 2.07. The molecular weight excluding hydrogens is 570 g/mol. The summed E-state index contributed by atoms with van der Waals surface area (Å²) in [4.78, 5) is 32.8. The van der Waals surface area contributed by atoms with E-state index in [2.05, 4.69) is 53.6 Å². The Balaban J connectivity index is -0.000000543. The number of ketones is 2. The summed E-state index contributed by atoms with van der Waals surface area (Å²) in [6.07, 6.45) is 19.6. The number of methoxy groups -OCH3 is 1. The molecule has 0 radical (unpaired) electrons. The van der Waals surface area contributed by atoms with Crippen LogP contribution in [-0.4, -0.2) is 43.1 Å². The van der Waals surface area contributed by atoms with Crippen LogP contribution in [0, 0.1) is 12.8 Å². The fourth-order valence-electron chi connectivity index (χ4n) is 3.51. The Kier molecular flexibility index (Phi) is 31.0. The van der Waals surface area contributed by atoms with Crippen LogP contribution in [0.2, 0.25) is 0 Å². The van der Waals surface area contributed by atoms with Crippen LogP contribution in [0.5, 0.6) is 0 Å². The highest BCUT2D eigenvalue weighted by Crippen LogP contribution is 2.23. The van der Waals surface area contributed by atoms with Crippen molar-refractivity contribution in [3.05, 3.63) is 102 Å². The molecule has 0 saturated carbocycles. The quantitative estimate of drug-likeness (QED) is 0.214. The van der Waals surface area contributed by atoms with Crippen LogP contribution in [0.4, 0.5) is 5.69 Å². The first-order valence-corrected chi connectivity index (χ1v) is 16.2. The zero-order valence-electron chi connectivity index (χ0n) is 30.9. The van der Waals surface area contributed by atoms with Gasteiger partial charge in [0.2, 0.25) is 0 Å². The Bertz CT molecular complexity index is 1250. The van der Waals surface area contributed by atoms with Crippen molar-refractivity contribution in [2.24, 2.45) is 15.9 Å². The number of aromatic nitrogens is 1. The minimum absolute atomic E-state index is 0.0226. The lowest BCUT2D eigenvalue weighted by atomic mass is 10.0. The number of aryl methyl sites for hydroxylation is 1. The van der Waals surface area contributed by atoms with E-state index in [0.29, 0.717) is 11.7 Å². The molecule has 0 amide bonds. The summed E-state index contributed by atoms with van der Waals surface area (Å²) in [5.74, 6) is 1.38. The maximum absolute atomic E-state index is 11.1. The van der Waals surface area contributed by atoms with Gasteiger partial charge in [0, 0.05) is 43.4 Å². The Morgan fingerprint density at radius 3 is 2.20 bits per heavy atom. The first kappa shape index (κ1) is 46.2. The number of ether oxygens (including phenoxy) is 1. The van der Waals surface area contributed by atoms with Crippen molar-refractivity contribution in [2.75, 3.05) is 14.2 Å². The van der Waals surface area contributed by atoms with Gasteiger partial charge in [0.15, 0.2) is 0 Å². The van der Waals surface area contributed by atoms with Gasteiger partial charge in [-0.25, -0.2) is 0 Å². The molecule has 46 heavy (non-hydrogen) atoms. The molecule has 3 rings (SSSR count). The van der Waals surface area contributed by atoms with Crippen molar-refractivity contribution in [3.63, 3.8) is 0 Å². The second kappa shape index (κ2) is 30.8. The molecule has 1 aliphatic carbocycles. The van der Waals surface area contributed by atoms with Crippen LogP contribution in [0.1, 0.15) is 105 Å². The summed E-state index contributed by atoms with van der Waals surface area (Å²) < 4.78 is 5.06. The molecule has 1 aromatic heterocycles.